The molecule has 0 saturated carbocycles. The molecule has 0 aliphatic carbocycles. The van der Waals surface area contributed by atoms with E-state index in [4.69, 9.17) is 5.11 Å². The van der Waals surface area contributed by atoms with Crippen LogP contribution in [-0.4, -0.2) is 17.6 Å². The van der Waals surface area contributed by atoms with E-state index in [1.165, 1.54) is 11.3 Å². The van der Waals surface area contributed by atoms with E-state index in [1.807, 2.05) is 12.1 Å². The fourth-order valence-corrected chi connectivity index (χ4v) is 1.82. The highest BCUT2D eigenvalue weighted by Gasteiger charge is 2.05. The van der Waals surface area contributed by atoms with Crippen molar-refractivity contribution in [2.45, 2.75) is 13.0 Å². The molecule has 0 radical (unpaired) electrons. The minimum atomic E-state index is -0.854. The fraction of sp³-hybridized carbons (Fsp3) is 0.300. The molecular weight excluding hydrogens is 198 g/mol. The van der Waals surface area contributed by atoms with E-state index >= 15 is 0 Å². The Bertz CT molecular complexity index is 320. The third-order valence-electron chi connectivity index (χ3n) is 1.70. The van der Waals surface area contributed by atoms with Crippen molar-refractivity contribution in [3.05, 3.63) is 34.5 Å². The molecule has 1 heterocycles. The molecule has 14 heavy (non-hydrogen) atoms. The maximum absolute atomic E-state index is 10.6. The van der Waals surface area contributed by atoms with Gasteiger partial charge in [-0.05, 0) is 25.1 Å². The predicted octanol–water partition coefficient (Wildman–Crippen LogP) is 2.11. The predicted molar refractivity (Wildman–Crippen MR) is 57.8 cm³/mol. The Morgan fingerprint density at radius 1 is 1.64 bits per heavy atom. The summed E-state index contributed by atoms with van der Waals surface area (Å²) in [5.74, 6) is -0.854. The highest BCUT2D eigenvalue weighted by Crippen LogP contribution is 2.15. The SMILES string of the molecule is C=CCCNCc1ccc(C(=O)O)s1. The number of carboxylic acids is 1. The van der Waals surface area contributed by atoms with Gasteiger partial charge in [-0.3, -0.25) is 0 Å². The highest BCUT2D eigenvalue weighted by molar-refractivity contribution is 7.13. The summed E-state index contributed by atoms with van der Waals surface area (Å²) in [4.78, 5) is 12.0. The first-order valence-electron chi connectivity index (χ1n) is 4.37. The van der Waals surface area contributed by atoms with Gasteiger partial charge in [0.25, 0.3) is 0 Å². The van der Waals surface area contributed by atoms with Gasteiger partial charge in [-0.2, -0.15) is 0 Å². The Labute approximate surface area is 87.1 Å². The summed E-state index contributed by atoms with van der Waals surface area (Å²) in [5, 5.41) is 11.9. The monoisotopic (exact) mass is 211 g/mol. The molecule has 0 amide bonds. The van der Waals surface area contributed by atoms with Crippen LogP contribution in [0.2, 0.25) is 0 Å². The second-order valence-corrected chi connectivity index (χ2v) is 3.99. The molecule has 0 atom stereocenters. The number of thiophene rings is 1. The van der Waals surface area contributed by atoms with Crippen LogP contribution in [0.1, 0.15) is 21.0 Å². The van der Waals surface area contributed by atoms with Gasteiger partial charge >= 0.3 is 5.97 Å². The van der Waals surface area contributed by atoms with Crippen molar-refractivity contribution in [1.29, 1.82) is 0 Å². The third kappa shape index (κ3) is 3.32. The summed E-state index contributed by atoms with van der Waals surface area (Å²) in [6.45, 7) is 5.22. The first kappa shape index (κ1) is 10.9. The van der Waals surface area contributed by atoms with Crippen molar-refractivity contribution in [3.63, 3.8) is 0 Å². The van der Waals surface area contributed by atoms with E-state index in [9.17, 15) is 4.79 Å². The molecule has 3 nitrogen and oxygen atoms in total. The number of hydrogen-bond donors (Lipinski definition) is 2. The number of carboxylic acid groups (broad SMARTS) is 1. The smallest absolute Gasteiger partial charge is 0.345 e. The second kappa shape index (κ2) is 5.57. The molecule has 0 aliphatic rings. The van der Waals surface area contributed by atoms with Gasteiger partial charge in [0.2, 0.25) is 0 Å². The minimum Gasteiger partial charge on any atom is -0.477 e. The van der Waals surface area contributed by atoms with Crippen LogP contribution in [0.4, 0.5) is 0 Å². The lowest BCUT2D eigenvalue weighted by Gasteiger charge is -1.98. The summed E-state index contributed by atoms with van der Waals surface area (Å²) in [6, 6.07) is 3.48. The molecule has 76 valence electrons. The van der Waals surface area contributed by atoms with Gasteiger partial charge in [-0.15, -0.1) is 17.9 Å². The summed E-state index contributed by atoms with van der Waals surface area (Å²) in [5.41, 5.74) is 0. The van der Waals surface area contributed by atoms with Crippen LogP contribution in [0.3, 0.4) is 0 Å². The lowest BCUT2D eigenvalue weighted by molar-refractivity contribution is 0.0702. The van der Waals surface area contributed by atoms with Crippen molar-refractivity contribution in [1.82, 2.24) is 5.32 Å². The van der Waals surface area contributed by atoms with Crippen molar-refractivity contribution >= 4 is 17.3 Å². The molecule has 4 heteroatoms. The molecule has 2 N–H and O–H groups in total. The molecule has 0 unspecified atom stereocenters. The summed E-state index contributed by atoms with van der Waals surface area (Å²) in [6.07, 6.45) is 2.78. The highest BCUT2D eigenvalue weighted by atomic mass is 32.1. The zero-order chi connectivity index (χ0) is 10.4. The molecule has 1 rings (SSSR count). The number of aromatic carboxylic acids is 1. The Kier molecular flexibility index (Phi) is 4.35. The zero-order valence-corrected chi connectivity index (χ0v) is 8.64. The lowest BCUT2D eigenvalue weighted by atomic mass is 10.4. The van der Waals surface area contributed by atoms with E-state index in [0.29, 0.717) is 4.88 Å². The lowest BCUT2D eigenvalue weighted by Crippen LogP contribution is -2.12. The molecular formula is C10H13NO2S. The van der Waals surface area contributed by atoms with Gasteiger partial charge in [0.1, 0.15) is 4.88 Å². The molecule has 0 fully saturated rings. The number of hydrogen-bond acceptors (Lipinski definition) is 3. The summed E-state index contributed by atoms with van der Waals surface area (Å²) < 4.78 is 0. The number of rotatable bonds is 6. The van der Waals surface area contributed by atoms with E-state index in [0.717, 1.165) is 24.4 Å². The molecule has 0 aliphatic heterocycles. The molecule has 1 aromatic heterocycles. The molecule has 0 bridgehead atoms. The quantitative estimate of drug-likeness (QED) is 0.559. The van der Waals surface area contributed by atoms with Crippen molar-refractivity contribution in [2.75, 3.05) is 6.54 Å². The Morgan fingerprint density at radius 3 is 3.00 bits per heavy atom. The normalized spacial score (nSPS) is 10.0. The molecule has 0 spiro atoms. The van der Waals surface area contributed by atoms with Crippen molar-refractivity contribution in [2.24, 2.45) is 0 Å². The maximum atomic E-state index is 10.6. The van der Waals surface area contributed by atoms with E-state index in [1.54, 1.807) is 6.07 Å². The number of carbonyl (C=O) groups is 1. The van der Waals surface area contributed by atoms with Gasteiger partial charge in [0, 0.05) is 11.4 Å². The average Bonchev–Trinajstić information content (AvgIpc) is 2.61. The van der Waals surface area contributed by atoms with E-state index in [-0.39, 0.29) is 0 Å². The fourth-order valence-electron chi connectivity index (χ4n) is 1.00. The third-order valence-corrected chi connectivity index (χ3v) is 2.77. The maximum Gasteiger partial charge on any atom is 0.345 e. The van der Waals surface area contributed by atoms with E-state index in [2.05, 4.69) is 11.9 Å². The zero-order valence-electron chi connectivity index (χ0n) is 7.82. The molecule has 1 aromatic rings. The van der Waals surface area contributed by atoms with Crippen LogP contribution in [0.5, 0.6) is 0 Å². The van der Waals surface area contributed by atoms with E-state index < -0.39 is 5.97 Å². The first-order chi connectivity index (χ1) is 6.74. The van der Waals surface area contributed by atoms with Gasteiger partial charge in [0.15, 0.2) is 0 Å². The van der Waals surface area contributed by atoms with Crippen molar-refractivity contribution in [3.8, 4) is 0 Å². The molecule has 0 aromatic carbocycles. The average molecular weight is 211 g/mol. The van der Waals surface area contributed by atoms with Crippen LogP contribution >= 0.6 is 11.3 Å². The van der Waals surface area contributed by atoms with Crippen LogP contribution in [0.15, 0.2) is 24.8 Å². The van der Waals surface area contributed by atoms with Gasteiger partial charge < -0.3 is 10.4 Å². The topological polar surface area (TPSA) is 49.3 Å². The Balaban J connectivity index is 2.36. The second-order valence-electron chi connectivity index (χ2n) is 2.83. The van der Waals surface area contributed by atoms with Gasteiger partial charge in [0.05, 0.1) is 0 Å². The first-order valence-corrected chi connectivity index (χ1v) is 5.19. The van der Waals surface area contributed by atoms with Gasteiger partial charge in [-0.25, -0.2) is 4.79 Å². The summed E-state index contributed by atoms with van der Waals surface area (Å²) >= 11 is 1.31. The van der Waals surface area contributed by atoms with Crippen LogP contribution in [-0.2, 0) is 6.54 Å². The Morgan fingerprint density at radius 2 is 2.43 bits per heavy atom. The van der Waals surface area contributed by atoms with Crippen LogP contribution < -0.4 is 5.32 Å². The standard InChI is InChI=1S/C10H13NO2S/c1-2-3-6-11-7-8-4-5-9(14-8)10(12)13/h2,4-5,11H,1,3,6-7H2,(H,12,13). The van der Waals surface area contributed by atoms with Crippen LogP contribution in [0.25, 0.3) is 0 Å². The molecule has 0 saturated heterocycles. The summed E-state index contributed by atoms with van der Waals surface area (Å²) in [7, 11) is 0. The van der Waals surface area contributed by atoms with Crippen molar-refractivity contribution < 1.29 is 9.90 Å². The minimum absolute atomic E-state index is 0.394. The van der Waals surface area contributed by atoms with Crippen LogP contribution in [0, 0.1) is 0 Å². The largest absolute Gasteiger partial charge is 0.477 e. The Hall–Kier alpha value is -1.13. The van der Waals surface area contributed by atoms with Gasteiger partial charge in [-0.1, -0.05) is 6.08 Å². The number of nitrogens with one attached hydrogen (secondary N) is 1.